The minimum Gasteiger partial charge on any atom is -0.456 e. The molecule has 5 heteroatoms. The normalized spacial score (nSPS) is 20.8. The van der Waals surface area contributed by atoms with E-state index in [0.717, 1.165) is 37.1 Å². The Morgan fingerprint density at radius 1 is 1.17 bits per heavy atom. The van der Waals surface area contributed by atoms with Gasteiger partial charge in [0.05, 0.1) is 17.4 Å². The Labute approximate surface area is 142 Å². The molecular weight excluding hydrogens is 304 g/mol. The molecule has 0 amide bonds. The monoisotopic (exact) mass is 328 g/mol. The number of carbonyl (C=O) groups is 1. The van der Waals surface area contributed by atoms with Crippen LogP contribution < -0.4 is 0 Å². The second-order valence-corrected chi connectivity index (χ2v) is 6.15. The van der Waals surface area contributed by atoms with Crippen molar-refractivity contribution in [1.29, 1.82) is 0 Å². The highest BCUT2D eigenvalue weighted by atomic mass is 16.6. The second kappa shape index (κ2) is 7.62. The van der Waals surface area contributed by atoms with E-state index < -0.39 is 0 Å². The van der Waals surface area contributed by atoms with Crippen LogP contribution in [0.1, 0.15) is 48.7 Å². The summed E-state index contributed by atoms with van der Waals surface area (Å²) in [7, 11) is 0. The summed E-state index contributed by atoms with van der Waals surface area (Å²) in [6.45, 7) is 4.62. The van der Waals surface area contributed by atoms with E-state index in [1.165, 1.54) is 0 Å². The van der Waals surface area contributed by atoms with Crippen LogP contribution in [-0.4, -0.2) is 34.6 Å². The Morgan fingerprint density at radius 3 is 2.50 bits per heavy atom. The molecule has 0 unspecified atom stereocenters. The molecule has 2 aromatic rings. The number of rotatable bonds is 5. The number of esters is 1. The van der Waals surface area contributed by atoms with Crippen LogP contribution in [0.5, 0.6) is 0 Å². The van der Waals surface area contributed by atoms with Gasteiger partial charge in [0.1, 0.15) is 6.10 Å². The molecule has 3 rings (SSSR count). The maximum atomic E-state index is 12.4. The molecule has 24 heavy (non-hydrogen) atoms. The second-order valence-electron chi connectivity index (χ2n) is 6.15. The molecule has 0 radical (unpaired) electrons. The fraction of sp³-hybridized carbons (Fsp3) is 0.474. The summed E-state index contributed by atoms with van der Waals surface area (Å²) in [5.74, 6) is -0.282. The molecule has 0 spiro atoms. The summed E-state index contributed by atoms with van der Waals surface area (Å²) in [5, 5.41) is 4.27. The Bertz CT molecular complexity index is 676. The first kappa shape index (κ1) is 16.7. The predicted molar refractivity (Wildman–Crippen MR) is 91.4 cm³/mol. The number of hydrogen-bond donors (Lipinski definition) is 0. The van der Waals surface area contributed by atoms with Crippen molar-refractivity contribution in [1.82, 2.24) is 9.78 Å². The maximum Gasteiger partial charge on any atom is 0.338 e. The van der Waals surface area contributed by atoms with Gasteiger partial charge >= 0.3 is 5.97 Å². The van der Waals surface area contributed by atoms with Crippen molar-refractivity contribution < 1.29 is 14.3 Å². The van der Waals surface area contributed by atoms with Gasteiger partial charge in [-0.3, -0.25) is 0 Å². The van der Waals surface area contributed by atoms with Gasteiger partial charge in [-0.1, -0.05) is 6.42 Å². The molecular formula is C19H24N2O3. The van der Waals surface area contributed by atoms with Crippen molar-refractivity contribution in [3.05, 3.63) is 47.8 Å². The zero-order valence-corrected chi connectivity index (χ0v) is 14.3. The van der Waals surface area contributed by atoms with Gasteiger partial charge in [-0.15, -0.1) is 0 Å². The number of carbonyl (C=O) groups excluding carboxylic acids is 1. The summed E-state index contributed by atoms with van der Waals surface area (Å²) in [4.78, 5) is 12.4. The van der Waals surface area contributed by atoms with Crippen molar-refractivity contribution in [3.8, 4) is 5.69 Å². The molecule has 1 aromatic carbocycles. The SMILES string of the molecule is CCO[C@@H]1CCCC[C@H]1OC(=O)c1ccc(-n2nccc2C)cc1. The number of hydrogen-bond acceptors (Lipinski definition) is 4. The number of aromatic nitrogens is 2. The van der Waals surface area contributed by atoms with Crippen molar-refractivity contribution in [2.45, 2.75) is 51.7 Å². The Kier molecular flexibility index (Phi) is 5.30. The van der Waals surface area contributed by atoms with Crippen LogP contribution >= 0.6 is 0 Å². The van der Waals surface area contributed by atoms with Crippen LogP contribution in [-0.2, 0) is 9.47 Å². The highest BCUT2D eigenvalue weighted by Gasteiger charge is 2.29. The first-order chi connectivity index (χ1) is 11.7. The minimum absolute atomic E-state index is 0.0266. The van der Waals surface area contributed by atoms with Crippen molar-refractivity contribution >= 4 is 5.97 Å². The van der Waals surface area contributed by atoms with Crippen molar-refractivity contribution in [2.75, 3.05) is 6.61 Å². The third-order valence-electron chi connectivity index (χ3n) is 4.46. The van der Waals surface area contributed by atoms with E-state index in [1.807, 2.05) is 36.7 Å². The summed E-state index contributed by atoms with van der Waals surface area (Å²) in [6, 6.07) is 9.29. The van der Waals surface area contributed by atoms with Gasteiger partial charge in [-0.25, -0.2) is 9.48 Å². The maximum absolute atomic E-state index is 12.4. The van der Waals surface area contributed by atoms with Crippen LogP contribution in [0, 0.1) is 6.92 Å². The molecule has 0 saturated heterocycles. The molecule has 5 nitrogen and oxygen atoms in total. The van der Waals surface area contributed by atoms with Gasteiger partial charge in [0.25, 0.3) is 0 Å². The lowest BCUT2D eigenvalue weighted by Crippen LogP contribution is -2.36. The lowest BCUT2D eigenvalue weighted by Gasteiger charge is -2.30. The molecule has 128 valence electrons. The van der Waals surface area contributed by atoms with E-state index in [4.69, 9.17) is 9.47 Å². The van der Waals surface area contributed by atoms with Gasteiger partial charge in [0, 0.05) is 18.5 Å². The molecule has 0 bridgehead atoms. The molecule has 1 fully saturated rings. The van der Waals surface area contributed by atoms with Gasteiger partial charge in [-0.05, 0) is 63.4 Å². The highest BCUT2D eigenvalue weighted by Crippen LogP contribution is 2.25. The number of nitrogens with zero attached hydrogens (tertiary/aromatic N) is 2. The molecule has 2 atom stereocenters. The summed E-state index contributed by atoms with van der Waals surface area (Å²) < 4.78 is 13.3. The molecule has 1 saturated carbocycles. The quantitative estimate of drug-likeness (QED) is 0.786. The van der Waals surface area contributed by atoms with E-state index in [-0.39, 0.29) is 18.2 Å². The van der Waals surface area contributed by atoms with Crippen LogP contribution in [0.3, 0.4) is 0 Å². The van der Waals surface area contributed by atoms with E-state index in [1.54, 1.807) is 18.3 Å². The molecule has 0 aliphatic heterocycles. The smallest absolute Gasteiger partial charge is 0.338 e. The predicted octanol–water partition coefficient (Wildman–Crippen LogP) is 3.69. The molecule has 1 aliphatic carbocycles. The highest BCUT2D eigenvalue weighted by molar-refractivity contribution is 5.89. The average Bonchev–Trinajstić information content (AvgIpc) is 3.03. The number of benzene rings is 1. The number of aryl methyl sites for hydroxylation is 1. The summed E-state index contributed by atoms with van der Waals surface area (Å²) >= 11 is 0. The van der Waals surface area contributed by atoms with Crippen molar-refractivity contribution in [3.63, 3.8) is 0 Å². The Balaban J connectivity index is 1.67. The summed E-state index contributed by atoms with van der Waals surface area (Å²) in [5.41, 5.74) is 2.54. The van der Waals surface area contributed by atoms with Gasteiger partial charge in [0.15, 0.2) is 0 Å². The van der Waals surface area contributed by atoms with Gasteiger partial charge < -0.3 is 9.47 Å². The van der Waals surface area contributed by atoms with Crippen LogP contribution in [0.15, 0.2) is 36.5 Å². The largest absolute Gasteiger partial charge is 0.456 e. The molecule has 1 aromatic heterocycles. The van der Waals surface area contributed by atoms with E-state index in [2.05, 4.69) is 5.10 Å². The molecule has 0 N–H and O–H groups in total. The first-order valence-corrected chi connectivity index (χ1v) is 8.62. The van der Waals surface area contributed by atoms with E-state index in [0.29, 0.717) is 12.2 Å². The van der Waals surface area contributed by atoms with Gasteiger partial charge in [0.2, 0.25) is 0 Å². The third kappa shape index (κ3) is 3.67. The lowest BCUT2D eigenvalue weighted by atomic mass is 9.94. The van der Waals surface area contributed by atoms with Gasteiger partial charge in [-0.2, -0.15) is 5.10 Å². The van der Waals surface area contributed by atoms with E-state index >= 15 is 0 Å². The molecule has 1 heterocycles. The van der Waals surface area contributed by atoms with E-state index in [9.17, 15) is 4.79 Å². The van der Waals surface area contributed by atoms with Crippen molar-refractivity contribution in [2.24, 2.45) is 0 Å². The average molecular weight is 328 g/mol. The Morgan fingerprint density at radius 2 is 1.88 bits per heavy atom. The third-order valence-corrected chi connectivity index (χ3v) is 4.46. The van der Waals surface area contributed by atoms with Crippen LogP contribution in [0.2, 0.25) is 0 Å². The zero-order valence-electron chi connectivity index (χ0n) is 14.3. The van der Waals surface area contributed by atoms with Crippen LogP contribution in [0.25, 0.3) is 5.69 Å². The van der Waals surface area contributed by atoms with Crippen LogP contribution in [0.4, 0.5) is 0 Å². The molecule has 1 aliphatic rings. The topological polar surface area (TPSA) is 53.4 Å². The fourth-order valence-electron chi connectivity index (χ4n) is 3.19. The fourth-order valence-corrected chi connectivity index (χ4v) is 3.19. The minimum atomic E-state index is -0.282. The number of ether oxygens (including phenoxy) is 2. The lowest BCUT2D eigenvalue weighted by molar-refractivity contribution is -0.0675. The standard InChI is InChI=1S/C19H24N2O3/c1-3-23-17-6-4-5-7-18(17)24-19(22)15-8-10-16(11-9-15)21-14(2)12-13-20-21/h8-13,17-18H,3-7H2,1-2H3/t17-,18-/m1/s1. The zero-order chi connectivity index (χ0) is 16.9. The Hall–Kier alpha value is -2.14. The first-order valence-electron chi connectivity index (χ1n) is 8.62. The summed E-state index contributed by atoms with van der Waals surface area (Å²) in [6.07, 6.45) is 5.70.